The lowest BCUT2D eigenvalue weighted by molar-refractivity contribution is -0.156. The van der Waals surface area contributed by atoms with Crippen LogP contribution in [0.5, 0.6) is 0 Å². The molecule has 7 nitrogen and oxygen atoms in total. The Morgan fingerprint density at radius 3 is 2.86 bits per heavy atom. The van der Waals surface area contributed by atoms with Gasteiger partial charge in [0.05, 0.1) is 12.0 Å². The molecule has 0 saturated carbocycles. The van der Waals surface area contributed by atoms with Gasteiger partial charge in [0.2, 0.25) is 5.91 Å². The van der Waals surface area contributed by atoms with Crippen LogP contribution in [0.1, 0.15) is 12.6 Å². The molecule has 0 radical (unpaired) electrons. The number of thiocarbonyl (C=S) groups is 1. The zero-order chi connectivity index (χ0) is 20.4. The number of aromatic nitrogens is 1. The highest BCUT2D eigenvalue weighted by atomic mass is 32.2. The van der Waals surface area contributed by atoms with Gasteiger partial charge in [-0.15, -0.1) is 11.8 Å². The Morgan fingerprint density at radius 1 is 1.50 bits per heavy atom. The van der Waals surface area contributed by atoms with E-state index in [1.807, 2.05) is 30.1 Å². The van der Waals surface area contributed by atoms with E-state index in [-0.39, 0.29) is 17.0 Å². The summed E-state index contributed by atoms with van der Waals surface area (Å²) in [5.41, 5.74) is 1.000. The number of hydrogen-bond donors (Lipinski definition) is 2. The minimum absolute atomic E-state index is 0.0170. The topological polar surface area (TPSA) is 94.0 Å². The molecule has 3 atom stereocenters. The number of pyridine rings is 1. The summed E-state index contributed by atoms with van der Waals surface area (Å²) in [7, 11) is 1.90. The molecule has 2 N–H and O–H groups in total. The second kappa shape index (κ2) is 8.81. The first-order valence-corrected chi connectivity index (χ1v) is 11.0. The Bertz CT molecular complexity index is 816. The number of likely N-dealkylation sites (N-methyl/N-ethyl adjacent to an activating group) is 1. The summed E-state index contributed by atoms with van der Waals surface area (Å²) < 4.78 is 0.654. The van der Waals surface area contributed by atoms with Crippen molar-refractivity contribution in [2.45, 2.75) is 24.8 Å². The van der Waals surface area contributed by atoms with E-state index in [9.17, 15) is 19.8 Å². The first-order chi connectivity index (χ1) is 13.3. The van der Waals surface area contributed by atoms with Crippen molar-refractivity contribution in [1.29, 1.82) is 0 Å². The van der Waals surface area contributed by atoms with Crippen molar-refractivity contribution in [2.24, 2.45) is 5.92 Å². The largest absolute Gasteiger partial charge is 0.477 e. The molecule has 1 amide bonds. The number of hydrogen-bond acceptors (Lipinski definition) is 7. The smallest absolute Gasteiger partial charge is 0.353 e. The number of fused-ring (bicyclic) bond motifs is 1. The third kappa shape index (κ3) is 4.19. The van der Waals surface area contributed by atoms with E-state index in [4.69, 9.17) is 12.2 Å². The fraction of sp³-hybridized carbons (Fsp3) is 0.444. The number of carbonyl (C=O) groups excluding carboxylic acids is 1. The number of aliphatic hydroxyl groups excluding tert-OH is 1. The zero-order valence-electron chi connectivity index (χ0n) is 15.4. The van der Waals surface area contributed by atoms with E-state index in [1.54, 1.807) is 13.1 Å². The van der Waals surface area contributed by atoms with Crippen LogP contribution in [0.3, 0.4) is 0 Å². The molecule has 150 valence electrons. The van der Waals surface area contributed by atoms with Crippen LogP contribution in [0.15, 0.2) is 35.0 Å². The van der Waals surface area contributed by atoms with E-state index < -0.39 is 18.0 Å². The van der Waals surface area contributed by atoms with Crippen LogP contribution >= 0.6 is 35.7 Å². The van der Waals surface area contributed by atoms with E-state index >= 15 is 0 Å². The summed E-state index contributed by atoms with van der Waals surface area (Å²) in [6.45, 7) is 2.26. The summed E-state index contributed by atoms with van der Waals surface area (Å²) in [4.78, 5) is 32.0. The molecule has 1 fully saturated rings. The van der Waals surface area contributed by atoms with Crippen molar-refractivity contribution in [1.82, 2.24) is 14.8 Å². The molecule has 0 aromatic carbocycles. The van der Waals surface area contributed by atoms with E-state index in [0.717, 1.165) is 12.1 Å². The summed E-state index contributed by atoms with van der Waals surface area (Å²) in [6.07, 6.45) is 1.71. The van der Waals surface area contributed by atoms with Gasteiger partial charge in [0.25, 0.3) is 0 Å². The molecule has 1 aromatic heterocycles. The fourth-order valence-corrected chi connectivity index (χ4v) is 5.93. The van der Waals surface area contributed by atoms with Gasteiger partial charge in [0, 0.05) is 42.6 Å². The lowest BCUT2D eigenvalue weighted by Crippen LogP contribution is -2.60. The monoisotopic (exact) mass is 439 g/mol. The number of rotatable bonds is 7. The molecule has 28 heavy (non-hydrogen) atoms. The van der Waals surface area contributed by atoms with Gasteiger partial charge < -0.3 is 15.1 Å². The summed E-state index contributed by atoms with van der Waals surface area (Å²) in [5, 5.41) is 19.0. The number of β-lactam (4-membered cyclic amide) rings is 1. The number of carboxylic acid groups (broad SMARTS) is 1. The minimum atomic E-state index is -1.13. The number of nitrogens with zero attached hydrogens (tertiary/aromatic N) is 3. The third-order valence-corrected chi connectivity index (χ3v) is 7.85. The quantitative estimate of drug-likeness (QED) is 0.487. The van der Waals surface area contributed by atoms with Crippen molar-refractivity contribution in [3.8, 4) is 0 Å². The zero-order valence-corrected chi connectivity index (χ0v) is 17.9. The maximum atomic E-state index is 12.2. The van der Waals surface area contributed by atoms with Crippen molar-refractivity contribution in [2.75, 3.05) is 19.3 Å². The Kier molecular flexibility index (Phi) is 6.64. The van der Waals surface area contributed by atoms with Crippen molar-refractivity contribution < 1.29 is 19.8 Å². The normalized spacial score (nSPS) is 22.0. The molecule has 2 aliphatic heterocycles. The van der Waals surface area contributed by atoms with Crippen molar-refractivity contribution >= 4 is 51.9 Å². The molecule has 0 aliphatic carbocycles. The molecule has 0 unspecified atom stereocenters. The molecule has 3 heterocycles. The highest BCUT2D eigenvalue weighted by Gasteiger charge is 2.57. The predicted octanol–water partition coefficient (Wildman–Crippen LogP) is 1.78. The summed E-state index contributed by atoms with van der Waals surface area (Å²) in [6, 6.07) is 5.78. The first kappa shape index (κ1) is 21.1. The highest BCUT2D eigenvalue weighted by Crippen LogP contribution is 2.51. The average molecular weight is 440 g/mol. The number of thioether (sulfide) groups is 2. The Labute approximate surface area is 177 Å². The molecule has 3 rings (SSSR count). The van der Waals surface area contributed by atoms with Gasteiger partial charge in [0.1, 0.15) is 15.4 Å². The second-order valence-corrected chi connectivity index (χ2v) is 9.43. The van der Waals surface area contributed by atoms with Crippen LogP contribution in [-0.2, 0) is 16.0 Å². The molecule has 2 aliphatic rings. The minimum Gasteiger partial charge on any atom is -0.477 e. The van der Waals surface area contributed by atoms with Gasteiger partial charge in [-0.05, 0) is 19.1 Å². The van der Waals surface area contributed by atoms with E-state index in [1.165, 1.54) is 28.4 Å². The summed E-state index contributed by atoms with van der Waals surface area (Å²) >= 11 is 8.17. The maximum Gasteiger partial charge on any atom is 0.353 e. The van der Waals surface area contributed by atoms with E-state index in [2.05, 4.69) is 4.98 Å². The Hall–Kier alpha value is -1.62. The number of carbonyl (C=O) groups is 2. The average Bonchev–Trinajstić information content (AvgIpc) is 2.99. The Balaban J connectivity index is 1.58. The van der Waals surface area contributed by atoms with Crippen LogP contribution < -0.4 is 0 Å². The van der Waals surface area contributed by atoms with Gasteiger partial charge in [-0.25, -0.2) is 4.79 Å². The standard InChI is InChI=1S/C18H21N3O4S3/c1-10(22)13-15(23)21-14(17(24)25)12(28-16(13)21)9-27-18(26)20(2)8-6-11-5-3-4-7-19-11/h3-5,7,10,13,16,22H,6,8-9H2,1-2H3,(H,24,25)/t10-,13+,16-/m1/s1. The lowest BCUT2D eigenvalue weighted by atomic mass is 9.92. The predicted molar refractivity (Wildman–Crippen MR) is 114 cm³/mol. The van der Waals surface area contributed by atoms with Crippen molar-refractivity contribution in [3.05, 3.63) is 40.7 Å². The first-order valence-electron chi connectivity index (χ1n) is 8.73. The molecule has 0 spiro atoms. The molecule has 0 bridgehead atoms. The number of aliphatic hydroxyl groups is 1. The SMILES string of the molecule is C[C@@H](O)[C@H]1C(=O)N2C(C(=O)O)=C(CSC(=S)N(C)CCc3ccccn3)S[C@H]12. The fourth-order valence-electron chi connectivity index (χ4n) is 3.11. The number of amides is 1. The molecule has 10 heteroatoms. The second-order valence-electron chi connectivity index (χ2n) is 6.61. The van der Waals surface area contributed by atoms with Gasteiger partial charge in [-0.2, -0.15) is 0 Å². The molecule has 1 saturated heterocycles. The van der Waals surface area contributed by atoms with Crippen LogP contribution in [0.2, 0.25) is 0 Å². The van der Waals surface area contributed by atoms with Gasteiger partial charge >= 0.3 is 5.97 Å². The van der Waals surface area contributed by atoms with Gasteiger partial charge in [-0.1, -0.05) is 30.0 Å². The molecular weight excluding hydrogens is 418 g/mol. The lowest BCUT2D eigenvalue weighted by Gasteiger charge is -2.43. The van der Waals surface area contributed by atoms with E-state index in [0.29, 0.717) is 21.5 Å². The van der Waals surface area contributed by atoms with Gasteiger partial charge in [0.15, 0.2) is 0 Å². The van der Waals surface area contributed by atoms with Crippen molar-refractivity contribution in [3.63, 3.8) is 0 Å². The molecule has 1 aromatic rings. The van der Waals surface area contributed by atoms with Crippen LogP contribution in [0.25, 0.3) is 0 Å². The Morgan fingerprint density at radius 2 is 2.25 bits per heavy atom. The van der Waals surface area contributed by atoms with Crippen LogP contribution in [-0.4, -0.2) is 72.0 Å². The maximum absolute atomic E-state index is 12.2. The third-order valence-electron chi connectivity index (χ3n) is 4.64. The van der Waals surface area contributed by atoms with Crippen LogP contribution in [0.4, 0.5) is 0 Å². The number of carboxylic acids is 1. The van der Waals surface area contributed by atoms with Gasteiger partial charge in [-0.3, -0.25) is 14.7 Å². The molecular formula is C18H21N3O4S3. The van der Waals surface area contributed by atoms with Crippen LogP contribution in [0, 0.1) is 5.92 Å². The number of aliphatic carboxylic acids is 1. The highest BCUT2D eigenvalue weighted by molar-refractivity contribution is 8.23. The summed E-state index contributed by atoms with van der Waals surface area (Å²) in [5.74, 6) is -1.64.